The number of carbonyl (C=O) groups is 2. The maximum Gasteiger partial charge on any atom is 0.331 e. The van der Waals surface area contributed by atoms with Crippen LogP contribution in [0.4, 0.5) is 0 Å². The van der Waals surface area contributed by atoms with Crippen LogP contribution in [0.2, 0.25) is 0 Å². The van der Waals surface area contributed by atoms with E-state index in [1.165, 1.54) is 6.08 Å². The number of ether oxygens (including phenoxy) is 1. The zero-order chi connectivity index (χ0) is 13.0. The number of fused-ring (bicyclic) bond motifs is 5. The number of esters is 1. The van der Waals surface area contributed by atoms with Crippen LogP contribution in [0.1, 0.15) is 16.1 Å². The van der Waals surface area contributed by atoms with Crippen molar-refractivity contribution in [3.05, 3.63) is 41.6 Å². The average Bonchev–Trinajstić information content (AvgIpc) is 2.93. The molecule has 1 aromatic carbocycles. The van der Waals surface area contributed by atoms with Crippen molar-refractivity contribution in [1.82, 2.24) is 10.3 Å². The second-order valence-corrected chi connectivity index (χ2v) is 4.66. The van der Waals surface area contributed by atoms with Crippen LogP contribution in [-0.4, -0.2) is 29.5 Å². The predicted molar refractivity (Wildman–Crippen MR) is 68.5 cm³/mol. The van der Waals surface area contributed by atoms with E-state index in [4.69, 9.17) is 4.74 Å². The molecule has 2 aliphatic heterocycles. The van der Waals surface area contributed by atoms with Crippen molar-refractivity contribution >= 4 is 28.4 Å². The Morgan fingerprint density at radius 1 is 1.21 bits per heavy atom. The molecule has 5 heteroatoms. The lowest BCUT2D eigenvalue weighted by atomic mass is 9.99. The molecule has 0 radical (unpaired) electrons. The standard InChI is InChI=1S/C14H10N2O3/c17-11-5-8-10(19-11)6-15-14(18)13-12(8)7-3-1-2-4-9(7)16-13/h1-5,10,16H,6H2,(H,15,18). The Bertz CT molecular complexity index is 757. The Labute approximate surface area is 108 Å². The maximum absolute atomic E-state index is 12.1. The maximum atomic E-state index is 12.1. The molecule has 1 atom stereocenters. The summed E-state index contributed by atoms with van der Waals surface area (Å²) < 4.78 is 5.21. The number of nitrogens with one attached hydrogen (secondary N) is 2. The van der Waals surface area contributed by atoms with Gasteiger partial charge in [-0.05, 0) is 6.07 Å². The van der Waals surface area contributed by atoms with Gasteiger partial charge in [-0.25, -0.2) is 4.79 Å². The van der Waals surface area contributed by atoms with Crippen LogP contribution in [0.25, 0.3) is 16.5 Å². The molecular formula is C14H10N2O3. The van der Waals surface area contributed by atoms with Gasteiger partial charge in [0, 0.05) is 28.1 Å². The first kappa shape index (κ1) is 10.4. The van der Waals surface area contributed by atoms with Crippen molar-refractivity contribution < 1.29 is 14.3 Å². The summed E-state index contributed by atoms with van der Waals surface area (Å²) in [6.45, 7) is 0.313. The first-order valence-corrected chi connectivity index (χ1v) is 6.05. The molecule has 0 saturated heterocycles. The fourth-order valence-corrected chi connectivity index (χ4v) is 2.73. The predicted octanol–water partition coefficient (Wildman–Crippen LogP) is 1.22. The van der Waals surface area contributed by atoms with Gasteiger partial charge in [0.15, 0.2) is 0 Å². The van der Waals surface area contributed by atoms with Gasteiger partial charge in [-0.3, -0.25) is 4.79 Å². The summed E-state index contributed by atoms with van der Waals surface area (Å²) in [6.07, 6.45) is 1.08. The number of para-hydroxylation sites is 1. The minimum atomic E-state index is -0.392. The van der Waals surface area contributed by atoms with E-state index in [0.717, 1.165) is 22.0 Å². The van der Waals surface area contributed by atoms with Crippen LogP contribution >= 0.6 is 0 Å². The molecule has 1 aromatic heterocycles. The average molecular weight is 254 g/mol. The number of carbonyl (C=O) groups excluding carboxylic acids is 2. The third-order valence-corrected chi connectivity index (χ3v) is 3.55. The number of benzene rings is 1. The van der Waals surface area contributed by atoms with Crippen molar-refractivity contribution in [3.8, 4) is 0 Å². The fourth-order valence-electron chi connectivity index (χ4n) is 2.73. The number of aromatic nitrogens is 1. The molecule has 0 bridgehead atoms. The molecule has 2 aromatic rings. The van der Waals surface area contributed by atoms with E-state index >= 15 is 0 Å². The molecule has 5 nitrogen and oxygen atoms in total. The van der Waals surface area contributed by atoms with Gasteiger partial charge in [0.05, 0.1) is 6.54 Å². The molecule has 2 N–H and O–H groups in total. The summed E-state index contributed by atoms with van der Waals surface area (Å²) in [7, 11) is 0. The van der Waals surface area contributed by atoms with Gasteiger partial charge in [0.1, 0.15) is 11.8 Å². The summed E-state index contributed by atoms with van der Waals surface area (Å²) in [5.74, 6) is -0.523. The van der Waals surface area contributed by atoms with Crippen LogP contribution in [0, 0.1) is 0 Å². The molecule has 19 heavy (non-hydrogen) atoms. The van der Waals surface area contributed by atoms with Gasteiger partial charge in [-0.15, -0.1) is 0 Å². The minimum Gasteiger partial charge on any atom is -0.452 e. The molecule has 2 aliphatic rings. The lowest BCUT2D eigenvalue weighted by Gasteiger charge is -2.10. The monoisotopic (exact) mass is 254 g/mol. The molecule has 0 saturated carbocycles. The largest absolute Gasteiger partial charge is 0.452 e. The highest BCUT2D eigenvalue weighted by Gasteiger charge is 2.35. The topological polar surface area (TPSA) is 71.2 Å². The van der Waals surface area contributed by atoms with E-state index in [0.29, 0.717) is 12.2 Å². The van der Waals surface area contributed by atoms with Gasteiger partial charge in [0.2, 0.25) is 0 Å². The van der Waals surface area contributed by atoms with Gasteiger partial charge in [0.25, 0.3) is 5.91 Å². The second kappa shape index (κ2) is 3.47. The second-order valence-electron chi connectivity index (χ2n) is 4.66. The SMILES string of the molecule is O=C1C=C2c3c([nH]c4ccccc34)C(=O)NCC2O1. The van der Waals surface area contributed by atoms with Gasteiger partial charge in [-0.2, -0.15) is 0 Å². The molecule has 0 spiro atoms. The van der Waals surface area contributed by atoms with E-state index in [2.05, 4.69) is 10.3 Å². The highest BCUT2D eigenvalue weighted by Crippen LogP contribution is 2.35. The molecule has 0 aliphatic carbocycles. The third-order valence-electron chi connectivity index (χ3n) is 3.55. The Hall–Kier alpha value is -2.56. The Morgan fingerprint density at radius 2 is 2.05 bits per heavy atom. The van der Waals surface area contributed by atoms with E-state index in [9.17, 15) is 9.59 Å². The van der Waals surface area contributed by atoms with Crippen LogP contribution in [0.3, 0.4) is 0 Å². The Morgan fingerprint density at radius 3 is 2.95 bits per heavy atom. The van der Waals surface area contributed by atoms with Crippen LogP contribution < -0.4 is 5.32 Å². The number of aromatic amines is 1. The quantitative estimate of drug-likeness (QED) is 0.694. The van der Waals surface area contributed by atoms with Crippen molar-refractivity contribution in [2.75, 3.05) is 6.54 Å². The van der Waals surface area contributed by atoms with Crippen molar-refractivity contribution in [3.63, 3.8) is 0 Å². The van der Waals surface area contributed by atoms with E-state index in [1.54, 1.807) is 0 Å². The van der Waals surface area contributed by atoms with Crippen LogP contribution in [-0.2, 0) is 9.53 Å². The first-order chi connectivity index (χ1) is 9.24. The van der Waals surface area contributed by atoms with Crippen LogP contribution in [0.15, 0.2) is 30.3 Å². The van der Waals surface area contributed by atoms with Gasteiger partial charge in [-0.1, -0.05) is 18.2 Å². The molecule has 3 heterocycles. The summed E-state index contributed by atoms with van der Waals surface area (Å²) >= 11 is 0. The number of hydrogen-bond donors (Lipinski definition) is 2. The summed E-state index contributed by atoms with van der Waals surface area (Å²) in [5.41, 5.74) is 2.93. The van der Waals surface area contributed by atoms with Crippen LogP contribution in [0.5, 0.6) is 0 Å². The molecule has 1 amide bonds. The molecule has 94 valence electrons. The highest BCUT2D eigenvalue weighted by atomic mass is 16.5. The van der Waals surface area contributed by atoms with Gasteiger partial charge >= 0.3 is 5.97 Å². The zero-order valence-corrected chi connectivity index (χ0v) is 9.90. The lowest BCUT2D eigenvalue weighted by molar-refractivity contribution is -0.138. The van der Waals surface area contributed by atoms with Crippen molar-refractivity contribution in [2.45, 2.75) is 6.10 Å². The number of rotatable bonds is 0. The normalized spacial score (nSPS) is 21.3. The van der Waals surface area contributed by atoms with Crippen molar-refractivity contribution in [2.24, 2.45) is 0 Å². The number of hydrogen-bond acceptors (Lipinski definition) is 3. The molecular weight excluding hydrogens is 244 g/mol. The third kappa shape index (κ3) is 1.35. The van der Waals surface area contributed by atoms with E-state index in [-0.39, 0.29) is 11.9 Å². The first-order valence-electron chi connectivity index (χ1n) is 6.05. The van der Waals surface area contributed by atoms with Gasteiger partial charge < -0.3 is 15.0 Å². The lowest BCUT2D eigenvalue weighted by Crippen LogP contribution is -2.30. The summed E-state index contributed by atoms with van der Waals surface area (Å²) in [5, 5.41) is 3.70. The van der Waals surface area contributed by atoms with E-state index < -0.39 is 6.10 Å². The summed E-state index contributed by atoms with van der Waals surface area (Å²) in [4.78, 5) is 26.6. The summed E-state index contributed by atoms with van der Waals surface area (Å²) in [6, 6.07) is 7.65. The molecule has 0 fully saturated rings. The fraction of sp³-hybridized carbons (Fsp3) is 0.143. The zero-order valence-electron chi connectivity index (χ0n) is 9.90. The smallest absolute Gasteiger partial charge is 0.331 e. The van der Waals surface area contributed by atoms with Crippen molar-refractivity contribution in [1.29, 1.82) is 0 Å². The highest BCUT2D eigenvalue weighted by molar-refractivity contribution is 6.11. The Kier molecular flexibility index (Phi) is 1.90. The van der Waals surface area contributed by atoms with E-state index in [1.807, 2.05) is 24.3 Å². The minimum absolute atomic E-state index is 0.169. The number of amides is 1. The molecule has 1 unspecified atom stereocenters. The Balaban J connectivity index is 2.08. The molecule has 4 rings (SSSR count). The number of H-pyrrole nitrogens is 1.